The first-order valence-corrected chi connectivity index (χ1v) is 9.38. The number of anilines is 1. The zero-order valence-corrected chi connectivity index (χ0v) is 17.1. The molecule has 10 heteroatoms. The minimum Gasteiger partial charge on any atom is -0.439 e. The van der Waals surface area contributed by atoms with E-state index in [1.54, 1.807) is 30.3 Å². The van der Waals surface area contributed by atoms with Crippen molar-refractivity contribution in [3.05, 3.63) is 92.1 Å². The molecule has 0 unspecified atom stereocenters. The van der Waals surface area contributed by atoms with Crippen LogP contribution in [0, 0.1) is 21.4 Å². The number of amides is 1. The van der Waals surface area contributed by atoms with Crippen molar-refractivity contribution < 1.29 is 14.5 Å². The van der Waals surface area contributed by atoms with Gasteiger partial charge in [-0.1, -0.05) is 35.3 Å². The van der Waals surface area contributed by atoms with E-state index in [1.807, 2.05) is 6.07 Å². The molecular formula is C21H12Cl2N4O4. The number of rotatable bonds is 6. The summed E-state index contributed by atoms with van der Waals surface area (Å²) in [6, 6.07) is 15.6. The van der Waals surface area contributed by atoms with Gasteiger partial charge in [0.2, 0.25) is 5.88 Å². The summed E-state index contributed by atoms with van der Waals surface area (Å²) in [7, 11) is 0. The van der Waals surface area contributed by atoms with Crippen LogP contribution in [0.5, 0.6) is 11.6 Å². The molecule has 3 aromatic rings. The van der Waals surface area contributed by atoms with Gasteiger partial charge in [0.05, 0.1) is 15.0 Å². The van der Waals surface area contributed by atoms with Gasteiger partial charge >= 0.3 is 0 Å². The molecule has 0 atom stereocenters. The molecule has 0 aliphatic heterocycles. The first-order chi connectivity index (χ1) is 14.9. The molecule has 1 heterocycles. The van der Waals surface area contributed by atoms with Crippen LogP contribution >= 0.6 is 23.2 Å². The topological polar surface area (TPSA) is 118 Å². The third kappa shape index (κ3) is 5.79. The van der Waals surface area contributed by atoms with Gasteiger partial charge in [-0.3, -0.25) is 14.9 Å². The lowest BCUT2D eigenvalue weighted by Gasteiger charge is -2.06. The van der Waals surface area contributed by atoms with Crippen molar-refractivity contribution in [2.75, 3.05) is 5.32 Å². The molecule has 31 heavy (non-hydrogen) atoms. The molecule has 154 valence electrons. The summed E-state index contributed by atoms with van der Waals surface area (Å²) in [5.74, 6) is 0.0150. The SMILES string of the molecule is N#C/C(=C/c1ccc(Oc2ccc([N+](=O)[O-])cn2)cc1)C(=O)Nc1ccc(Cl)c(Cl)c1. The molecule has 0 aliphatic carbocycles. The number of aromatic nitrogens is 1. The predicted octanol–water partition coefficient (Wildman–Crippen LogP) is 5.63. The fraction of sp³-hybridized carbons (Fsp3) is 0. The van der Waals surface area contributed by atoms with Gasteiger partial charge in [-0.2, -0.15) is 5.26 Å². The lowest BCUT2D eigenvalue weighted by Crippen LogP contribution is -2.13. The van der Waals surface area contributed by atoms with Gasteiger partial charge in [-0.25, -0.2) is 4.98 Å². The van der Waals surface area contributed by atoms with Gasteiger partial charge < -0.3 is 10.1 Å². The van der Waals surface area contributed by atoms with Crippen molar-refractivity contribution in [3.8, 4) is 17.7 Å². The second-order valence-electron chi connectivity index (χ2n) is 6.04. The van der Waals surface area contributed by atoms with Crippen LogP contribution in [0.2, 0.25) is 10.0 Å². The maximum atomic E-state index is 12.4. The fourth-order valence-corrected chi connectivity index (χ4v) is 2.68. The van der Waals surface area contributed by atoms with Crippen LogP contribution in [-0.2, 0) is 4.79 Å². The molecule has 0 bridgehead atoms. The van der Waals surface area contributed by atoms with Gasteiger partial charge in [0.25, 0.3) is 11.6 Å². The summed E-state index contributed by atoms with van der Waals surface area (Å²) in [6.45, 7) is 0. The maximum Gasteiger partial charge on any atom is 0.287 e. The number of ether oxygens (including phenoxy) is 1. The number of hydrogen-bond acceptors (Lipinski definition) is 6. The molecule has 3 rings (SSSR count). The smallest absolute Gasteiger partial charge is 0.287 e. The monoisotopic (exact) mass is 454 g/mol. The summed E-state index contributed by atoms with van der Waals surface area (Å²) < 4.78 is 5.52. The number of hydrogen-bond donors (Lipinski definition) is 1. The number of nitrogens with one attached hydrogen (secondary N) is 1. The van der Waals surface area contributed by atoms with Crippen LogP contribution in [0.1, 0.15) is 5.56 Å². The lowest BCUT2D eigenvalue weighted by molar-refractivity contribution is -0.385. The number of carbonyl (C=O) groups excluding carboxylic acids is 1. The quantitative estimate of drug-likeness (QED) is 0.223. The standard InChI is InChI=1S/C21H12Cl2N4O4/c22-18-7-3-15(10-19(18)23)26-21(28)14(11-24)9-13-1-5-17(6-2-13)31-20-8-4-16(12-25-20)27(29)30/h1-10,12H,(H,26,28)/b14-9-. The molecule has 1 N–H and O–H groups in total. The van der Waals surface area contributed by atoms with Crippen molar-refractivity contribution in [1.29, 1.82) is 5.26 Å². The zero-order chi connectivity index (χ0) is 22.4. The highest BCUT2D eigenvalue weighted by atomic mass is 35.5. The van der Waals surface area contributed by atoms with Crippen LogP contribution < -0.4 is 10.1 Å². The largest absolute Gasteiger partial charge is 0.439 e. The van der Waals surface area contributed by atoms with Gasteiger partial charge in [0.1, 0.15) is 23.6 Å². The van der Waals surface area contributed by atoms with E-state index in [9.17, 15) is 20.2 Å². The number of nitro groups is 1. The fourth-order valence-electron chi connectivity index (χ4n) is 2.38. The van der Waals surface area contributed by atoms with Crippen molar-refractivity contribution >= 4 is 46.6 Å². The number of nitriles is 1. The Labute approximate surface area is 186 Å². The molecule has 1 aromatic heterocycles. The second kappa shape index (κ2) is 9.71. The molecule has 0 fully saturated rings. The lowest BCUT2D eigenvalue weighted by atomic mass is 10.1. The van der Waals surface area contributed by atoms with Gasteiger partial charge in [-0.05, 0) is 42.0 Å². The van der Waals surface area contributed by atoms with Gasteiger partial charge in [0.15, 0.2) is 0 Å². The Hall–Kier alpha value is -3.93. The minimum absolute atomic E-state index is 0.114. The molecule has 8 nitrogen and oxygen atoms in total. The van der Waals surface area contributed by atoms with E-state index >= 15 is 0 Å². The van der Waals surface area contributed by atoms with Gasteiger partial charge in [-0.15, -0.1) is 0 Å². The summed E-state index contributed by atoms with van der Waals surface area (Å²) in [4.78, 5) is 26.3. The second-order valence-corrected chi connectivity index (χ2v) is 6.85. The Kier molecular flexibility index (Phi) is 6.82. The number of benzene rings is 2. The Bertz CT molecular complexity index is 1200. The Morgan fingerprint density at radius 3 is 2.45 bits per heavy atom. The van der Waals surface area contributed by atoms with E-state index in [0.29, 0.717) is 22.0 Å². The van der Waals surface area contributed by atoms with Crippen LogP contribution in [0.25, 0.3) is 6.08 Å². The Balaban J connectivity index is 1.69. The minimum atomic E-state index is -0.601. The summed E-state index contributed by atoms with van der Waals surface area (Å²) in [6.07, 6.45) is 2.51. The van der Waals surface area contributed by atoms with E-state index < -0.39 is 10.8 Å². The van der Waals surface area contributed by atoms with Crippen molar-refractivity contribution in [3.63, 3.8) is 0 Å². The number of carbonyl (C=O) groups is 1. The molecule has 0 radical (unpaired) electrons. The zero-order valence-electron chi connectivity index (χ0n) is 15.6. The van der Waals surface area contributed by atoms with Crippen molar-refractivity contribution in [2.24, 2.45) is 0 Å². The molecule has 0 saturated heterocycles. The highest BCUT2D eigenvalue weighted by molar-refractivity contribution is 6.42. The average Bonchev–Trinajstić information content (AvgIpc) is 2.76. The highest BCUT2D eigenvalue weighted by Gasteiger charge is 2.11. The molecule has 0 saturated carbocycles. The molecule has 1 amide bonds. The Morgan fingerprint density at radius 2 is 1.87 bits per heavy atom. The summed E-state index contributed by atoms with van der Waals surface area (Å²) in [5, 5.41) is 23.2. The van der Waals surface area contributed by atoms with Crippen LogP contribution in [0.15, 0.2) is 66.4 Å². The molecular weight excluding hydrogens is 443 g/mol. The summed E-state index contributed by atoms with van der Waals surface area (Å²) in [5.41, 5.74) is 0.734. The van der Waals surface area contributed by atoms with E-state index in [2.05, 4.69) is 10.3 Å². The molecule has 0 spiro atoms. The molecule has 2 aromatic carbocycles. The van der Waals surface area contributed by atoms with E-state index in [-0.39, 0.29) is 22.2 Å². The molecule has 0 aliphatic rings. The van der Waals surface area contributed by atoms with Crippen LogP contribution in [0.3, 0.4) is 0 Å². The predicted molar refractivity (Wildman–Crippen MR) is 116 cm³/mol. The highest BCUT2D eigenvalue weighted by Crippen LogP contribution is 2.26. The van der Waals surface area contributed by atoms with Crippen molar-refractivity contribution in [1.82, 2.24) is 4.98 Å². The third-order valence-corrected chi connectivity index (χ3v) is 4.63. The van der Waals surface area contributed by atoms with Gasteiger partial charge in [0, 0.05) is 17.8 Å². The van der Waals surface area contributed by atoms with Crippen molar-refractivity contribution in [2.45, 2.75) is 0 Å². The number of halogens is 2. The van der Waals surface area contributed by atoms with E-state index in [4.69, 9.17) is 27.9 Å². The number of pyridine rings is 1. The summed E-state index contributed by atoms with van der Waals surface area (Å²) >= 11 is 11.8. The van der Waals surface area contributed by atoms with E-state index in [0.717, 1.165) is 6.20 Å². The normalized spacial score (nSPS) is 10.8. The average molecular weight is 455 g/mol. The van der Waals surface area contributed by atoms with E-state index in [1.165, 1.54) is 30.3 Å². The Morgan fingerprint density at radius 1 is 1.13 bits per heavy atom. The third-order valence-electron chi connectivity index (χ3n) is 3.89. The van der Waals surface area contributed by atoms with Crippen LogP contribution in [-0.4, -0.2) is 15.8 Å². The first-order valence-electron chi connectivity index (χ1n) is 8.62. The maximum absolute atomic E-state index is 12.4. The first kappa shape index (κ1) is 21.8. The number of nitrogens with zero attached hydrogens (tertiary/aromatic N) is 3. The van der Waals surface area contributed by atoms with Crippen LogP contribution in [0.4, 0.5) is 11.4 Å².